The zero-order valence-electron chi connectivity index (χ0n) is 9.85. The molecule has 1 saturated heterocycles. The Morgan fingerprint density at radius 2 is 2.00 bits per heavy atom. The molecule has 0 radical (unpaired) electrons. The Kier molecular flexibility index (Phi) is 3.42. The van der Waals surface area contributed by atoms with E-state index < -0.39 is 0 Å². The Morgan fingerprint density at radius 3 is 2.71 bits per heavy atom. The van der Waals surface area contributed by atoms with Crippen LogP contribution in [0.15, 0.2) is 30.3 Å². The van der Waals surface area contributed by atoms with Crippen LogP contribution in [0.25, 0.3) is 0 Å². The lowest BCUT2D eigenvalue weighted by Crippen LogP contribution is -2.39. The summed E-state index contributed by atoms with van der Waals surface area (Å²) in [5.74, 6) is -0.0754. The van der Waals surface area contributed by atoms with Gasteiger partial charge in [-0.15, -0.1) is 0 Å². The molecule has 0 saturated carbocycles. The van der Waals surface area contributed by atoms with Crippen LogP contribution < -0.4 is 5.32 Å². The summed E-state index contributed by atoms with van der Waals surface area (Å²) in [6, 6.07) is 9.77. The Labute approximate surface area is 101 Å². The molecule has 2 rings (SSSR count). The van der Waals surface area contributed by atoms with Gasteiger partial charge >= 0.3 is 0 Å². The molecule has 90 valence electrons. The van der Waals surface area contributed by atoms with Crippen molar-refractivity contribution in [1.82, 2.24) is 10.2 Å². The normalized spacial score (nSPS) is 21.0. The maximum atomic E-state index is 11.9. The van der Waals surface area contributed by atoms with Crippen LogP contribution in [0.5, 0.6) is 0 Å². The summed E-state index contributed by atoms with van der Waals surface area (Å²) in [7, 11) is 0. The molecule has 1 aromatic carbocycles. The molecule has 1 aliphatic heterocycles. The van der Waals surface area contributed by atoms with Crippen molar-refractivity contribution in [2.75, 3.05) is 6.54 Å². The predicted octanol–water partition coefficient (Wildman–Crippen LogP) is 0.924. The molecule has 1 aromatic rings. The minimum atomic E-state index is -0.0542. The number of benzene rings is 1. The molecular weight excluding hydrogens is 216 g/mol. The average Bonchev–Trinajstić information content (AvgIpc) is 2.44. The fraction of sp³-hybridized carbons (Fsp3) is 0.385. The van der Waals surface area contributed by atoms with E-state index in [0.717, 1.165) is 5.56 Å². The van der Waals surface area contributed by atoms with Gasteiger partial charge in [0, 0.05) is 19.0 Å². The van der Waals surface area contributed by atoms with E-state index in [4.69, 9.17) is 0 Å². The Hall–Kier alpha value is -1.84. The van der Waals surface area contributed by atoms with Crippen LogP contribution in [0.4, 0.5) is 0 Å². The second-order valence-electron chi connectivity index (χ2n) is 4.34. The number of nitrogens with zero attached hydrogens (tertiary/aromatic N) is 1. The van der Waals surface area contributed by atoms with Crippen molar-refractivity contribution in [2.24, 2.45) is 0 Å². The van der Waals surface area contributed by atoms with Gasteiger partial charge in [-0.3, -0.25) is 9.59 Å². The maximum absolute atomic E-state index is 11.9. The molecule has 1 atom stereocenters. The van der Waals surface area contributed by atoms with Crippen LogP contribution in [0.2, 0.25) is 0 Å². The number of hydrogen-bond donors (Lipinski definition) is 1. The number of carbonyl (C=O) groups is 2. The minimum absolute atomic E-state index is 0.0211. The van der Waals surface area contributed by atoms with Gasteiger partial charge in [-0.05, 0) is 12.5 Å². The van der Waals surface area contributed by atoms with Gasteiger partial charge in [0.15, 0.2) is 0 Å². The van der Waals surface area contributed by atoms with Crippen LogP contribution in [-0.2, 0) is 16.1 Å². The lowest BCUT2D eigenvalue weighted by atomic mass is 10.1. The number of hydrogen-bond acceptors (Lipinski definition) is 2. The van der Waals surface area contributed by atoms with E-state index in [2.05, 4.69) is 5.32 Å². The van der Waals surface area contributed by atoms with E-state index in [-0.39, 0.29) is 24.4 Å². The molecule has 2 amide bonds. The average molecular weight is 232 g/mol. The van der Waals surface area contributed by atoms with E-state index in [1.165, 1.54) is 0 Å². The summed E-state index contributed by atoms with van der Waals surface area (Å²) in [4.78, 5) is 25.0. The van der Waals surface area contributed by atoms with Crippen molar-refractivity contribution in [3.05, 3.63) is 35.9 Å². The topological polar surface area (TPSA) is 49.4 Å². The van der Waals surface area contributed by atoms with Gasteiger partial charge in [-0.1, -0.05) is 30.3 Å². The highest BCUT2D eigenvalue weighted by atomic mass is 16.2. The van der Waals surface area contributed by atoms with E-state index in [0.29, 0.717) is 13.0 Å². The SMILES string of the molecule is C[C@@H]1CC(=O)NCC(=O)N1Cc1ccccc1. The van der Waals surface area contributed by atoms with E-state index in [1.807, 2.05) is 37.3 Å². The zero-order valence-corrected chi connectivity index (χ0v) is 9.85. The molecule has 0 aliphatic carbocycles. The summed E-state index contributed by atoms with van der Waals surface area (Å²) < 4.78 is 0. The van der Waals surface area contributed by atoms with Gasteiger partial charge in [-0.25, -0.2) is 0 Å². The summed E-state index contributed by atoms with van der Waals surface area (Å²) in [6.45, 7) is 2.58. The van der Waals surface area contributed by atoms with Crippen LogP contribution in [0, 0.1) is 0 Å². The number of nitrogens with one attached hydrogen (secondary N) is 1. The van der Waals surface area contributed by atoms with Gasteiger partial charge in [-0.2, -0.15) is 0 Å². The van der Waals surface area contributed by atoms with Gasteiger partial charge in [0.2, 0.25) is 11.8 Å². The highest BCUT2D eigenvalue weighted by molar-refractivity contribution is 5.87. The fourth-order valence-electron chi connectivity index (χ4n) is 2.00. The molecule has 1 heterocycles. The Balaban J connectivity index is 2.12. The van der Waals surface area contributed by atoms with Crippen LogP contribution >= 0.6 is 0 Å². The second-order valence-corrected chi connectivity index (χ2v) is 4.34. The first-order valence-electron chi connectivity index (χ1n) is 5.77. The first-order chi connectivity index (χ1) is 8.16. The molecule has 1 fully saturated rings. The van der Waals surface area contributed by atoms with Crippen LogP contribution in [0.3, 0.4) is 0 Å². The molecule has 0 unspecified atom stereocenters. The Morgan fingerprint density at radius 1 is 1.29 bits per heavy atom. The smallest absolute Gasteiger partial charge is 0.242 e. The predicted molar refractivity (Wildman–Crippen MR) is 64.1 cm³/mol. The second kappa shape index (κ2) is 4.99. The van der Waals surface area contributed by atoms with Crippen LogP contribution in [0.1, 0.15) is 18.9 Å². The fourth-order valence-corrected chi connectivity index (χ4v) is 2.00. The van der Waals surface area contributed by atoms with Crippen molar-refractivity contribution in [3.8, 4) is 0 Å². The highest BCUT2D eigenvalue weighted by Crippen LogP contribution is 2.12. The van der Waals surface area contributed by atoms with Gasteiger partial charge < -0.3 is 10.2 Å². The van der Waals surface area contributed by atoms with Crippen molar-refractivity contribution in [1.29, 1.82) is 0 Å². The summed E-state index contributed by atoms with van der Waals surface area (Å²) in [5.41, 5.74) is 1.09. The molecule has 0 bridgehead atoms. The number of carbonyl (C=O) groups excluding carboxylic acids is 2. The molecule has 0 aromatic heterocycles. The first kappa shape index (κ1) is 11.6. The summed E-state index contributed by atoms with van der Waals surface area (Å²) >= 11 is 0. The lowest BCUT2D eigenvalue weighted by Gasteiger charge is -2.26. The molecule has 1 N–H and O–H groups in total. The lowest BCUT2D eigenvalue weighted by molar-refractivity contribution is -0.132. The maximum Gasteiger partial charge on any atom is 0.242 e. The highest BCUT2D eigenvalue weighted by Gasteiger charge is 2.26. The van der Waals surface area contributed by atoms with Crippen molar-refractivity contribution in [3.63, 3.8) is 0 Å². The van der Waals surface area contributed by atoms with Gasteiger partial charge in [0.05, 0.1) is 6.54 Å². The quantitative estimate of drug-likeness (QED) is 0.824. The monoisotopic (exact) mass is 232 g/mol. The van der Waals surface area contributed by atoms with Crippen molar-refractivity contribution in [2.45, 2.75) is 25.9 Å². The third-order valence-electron chi connectivity index (χ3n) is 2.97. The molecular formula is C13H16N2O2. The number of rotatable bonds is 2. The summed E-state index contributed by atoms with van der Waals surface area (Å²) in [5, 5.41) is 2.61. The molecule has 4 nitrogen and oxygen atoms in total. The van der Waals surface area contributed by atoms with Crippen molar-refractivity contribution < 1.29 is 9.59 Å². The first-order valence-corrected chi connectivity index (χ1v) is 5.77. The Bertz CT molecular complexity index is 417. The van der Waals surface area contributed by atoms with Gasteiger partial charge in [0.25, 0.3) is 0 Å². The largest absolute Gasteiger partial charge is 0.347 e. The van der Waals surface area contributed by atoms with Crippen molar-refractivity contribution >= 4 is 11.8 Å². The number of amides is 2. The van der Waals surface area contributed by atoms with E-state index in [1.54, 1.807) is 4.90 Å². The van der Waals surface area contributed by atoms with E-state index >= 15 is 0 Å². The molecule has 0 spiro atoms. The minimum Gasteiger partial charge on any atom is -0.347 e. The van der Waals surface area contributed by atoms with E-state index in [9.17, 15) is 9.59 Å². The zero-order chi connectivity index (χ0) is 12.3. The molecule has 1 aliphatic rings. The molecule has 4 heteroatoms. The summed E-state index contributed by atoms with van der Waals surface area (Å²) in [6.07, 6.45) is 0.374. The third kappa shape index (κ3) is 2.84. The standard InChI is InChI=1S/C13H16N2O2/c1-10-7-12(16)14-8-13(17)15(10)9-11-5-3-2-4-6-11/h2-6,10H,7-9H2,1H3,(H,14,16)/t10-/m1/s1. The van der Waals surface area contributed by atoms with Gasteiger partial charge in [0.1, 0.15) is 0 Å². The van der Waals surface area contributed by atoms with Crippen LogP contribution in [-0.4, -0.2) is 29.3 Å². The third-order valence-corrected chi connectivity index (χ3v) is 2.97. The molecule has 17 heavy (non-hydrogen) atoms.